The number of nitrogens with zero attached hydrogens (tertiary/aromatic N) is 2. The molecule has 170 valence electrons. The lowest BCUT2D eigenvalue weighted by Crippen LogP contribution is -2.47. The Morgan fingerprint density at radius 1 is 1.31 bits per heavy atom. The minimum absolute atomic E-state index is 0.102. The van der Waals surface area contributed by atoms with Crippen LogP contribution in [0.5, 0.6) is 0 Å². The van der Waals surface area contributed by atoms with Gasteiger partial charge in [0.05, 0.1) is 29.7 Å². The Kier molecular flexibility index (Phi) is 7.15. The van der Waals surface area contributed by atoms with Crippen LogP contribution in [0.15, 0.2) is 40.9 Å². The molecular weight excluding hydrogens is 448 g/mol. The number of halogens is 2. The number of hydrogen-bond acceptors (Lipinski definition) is 7. The van der Waals surface area contributed by atoms with Crippen LogP contribution in [0.1, 0.15) is 23.4 Å². The number of carbonyl (C=O) groups is 2. The second-order valence-electron chi connectivity index (χ2n) is 6.76. The molecular formula is C20H19F2N3O6S. The highest BCUT2D eigenvalue weighted by molar-refractivity contribution is 7.09. The monoisotopic (exact) mass is 467 g/mol. The minimum atomic E-state index is -1.42. The number of nitro benzene ring substituents is 1. The topological polar surface area (TPSA) is 111 Å². The van der Waals surface area contributed by atoms with Crippen molar-refractivity contribution in [3.63, 3.8) is 0 Å². The van der Waals surface area contributed by atoms with Crippen molar-refractivity contribution in [1.82, 2.24) is 10.2 Å². The van der Waals surface area contributed by atoms with Crippen LogP contribution in [0.4, 0.5) is 19.3 Å². The highest BCUT2D eigenvalue weighted by Gasteiger charge is 2.39. The van der Waals surface area contributed by atoms with Crippen molar-refractivity contribution in [3.05, 3.63) is 73.1 Å². The van der Waals surface area contributed by atoms with Crippen LogP contribution < -0.4 is 5.32 Å². The lowest BCUT2D eigenvalue weighted by atomic mass is 9.94. The summed E-state index contributed by atoms with van der Waals surface area (Å²) < 4.78 is 38.5. The normalized spacial score (nSPS) is 16.2. The van der Waals surface area contributed by atoms with Gasteiger partial charge < -0.3 is 14.8 Å². The Morgan fingerprint density at radius 3 is 2.69 bits per heavy atom. The average molecular weight is 467 g/mol. The van der Waals surface area contributed by atoms with E-state index in [2.05, 4.69) is 5.32 Å². The predicted molar refractivity (Wildman–Crippen MR) is 110 cm³/mol. The van der Waals surface area contributed by atoms with Gasteiger partial charge in [-0.1, -0.05) is 6.07 Å². The van der Waals surface area contributed by atoms with Crippen molar-refractivity contribution in [2.75, 3.05) is 20.3 Å². The molecule has 3 rings (SSSR count). The Labute approximate surface area is 185 Å². The Balaban J connectivity index is 2.09. The molecule has 0 saturated heterocycles. The fourth-order valence-electron chi connectivity index (χ4n) is 3.24. The maximum Gasteiger partial charge on any atom is 0.338 e. The molecule has 0 bridgehead atoms. The van der Waals surface area contributed by atoms with Gasteiger partial charge in [0.1, 0.15) is 12.4 Å². The molecule has 0 spiro atoms. The molecule has 9 nitrogen and oxygen atoms in total. The molecule has 1 aromatic heterocycles. The first-order valence-electron chi connectivity index (χ1n) is 9.35. The van der Waals surface area contributed by atoms with Crippen LogP contribution in [0, 0.1) is 21.7 Å². The van der Waals surface area contributed by atoms with Crippen LogP contribution in [-0.4, -0.2) is 42.1 Å². The van der Waals surface area contributed by atoms with E-state index in [1.54, 1.807) is 12.1 Å². The fourth-order valence-corrected chi connectivity index (χ4v) is 3.93. The van der Waals surface area contributed by atoms with Gasteiger partial charge in [-0.2, -0.15) is 4.39 Å². The number of nitro groups is 1. The van der Waals surface area contributed by atoms with E-state index in [0.717, 1.165) is 4.88 Å². The minimum Gasteiger partial charge on any atom is -0.460 e. The van der Waals surface area contributed by atoms with E-state index in [1.165, 1.54) is 30.3 Å². The quantitative estimate of drug-likeness (QED) is 0.275. The number of nitrogens with one attached hydrogen (secondary N) is 1. The van der Waals surface area contributed by atoms with Gasteiger partial charge in [-0.05, 0) is 18.4 Å². The SMILES string of the molecule is COCCOC(=O)C1=C(C)N(Cc2cccs2)C(=O)NC1c1cc([N+](=O)[O-])c(F)cc1F. The van der Waals surface area contributed by atoms with Gasteiger partial charge in [-0.3, -0.25) is 15.0 Å². The summed E-state index contributed by atoms with van der Waals surface area (Å²) in [4.78, 5) is 37.9. The number of rotatable bonds is 8. The van der Waals surface area contributed by atoms with Crippen LogP contribution in [0.25, 0.3) is 0 Å². The molecule has 12 heteroatoms. The number of carbonyl (C=O) groups excluding carboxylic acids is 2. The highest BCUT2D eigenvalue weighted by atomic mass is 32.1. The number of esters is 1. The van der Waals surface area contributed by atoms with E-state index in [1.807, 2.05) is 5.38 Å². The maximum atomic E-state index is 14.7. The van der Waals surface area contributed by atoms with Crippen LogP contribution in [0.3, 0.4) is 0 Å². The largest absolute Gasteiger partial charge is 0.460 e. The molecule has 2 heterocycles. The number of ether oxygens (including phenoxy) is 2. The zero-order chi connectivity index (χ0) is 23.4. The summed E-state index contributed by atoms with van der Waals surface area (Å²) >= 11 is 1.40. The maximum absolute atomic E-state index is 14.7. The van der Waals surface area contributed by atoms with Gasteiger partial charge in [0.2, 0.25) is 5.82 Å². The summed E-state index contributed by atoms with van der Waals surface area (Å²) in [6, 6.07) is 2.55. The van der Waals surface area contributed by atoms with Crippen molar-refractivity contribution in [2.45, 2.75) is 19.5 Å². The molecule has 1 atom stereocenters. The number of allylic oxidation sites excluding steroid dienone is 1. The average Bonchev–Trinajstić information content (AvgIpc) is 3.24. The molecule has 1 aliphatic heterocycles. The fraction of sp³-hybridized carbons (Fsp3) is 0.300. The van der Waals surface area contributed by atoms with Gasteiger partial charge in [0.15, 0.2) is 0 Å². The molecule has 0 radical (unpaired) electrons. The van der Waals surface area contributed by atoms with Crippen LogP contribution >= 0.6 is 11.3 Å². The Hall–Kier alpha value is -3.38. The Bertz CT molecular complexity index is 1070. The lowest BCUT2D eigenvalue weighted by molar-refractivity contribution is -0.387. The molecule has 0 aliphatic carbocycles. The molecule has 1 N–H and O–H groups in total. The summed E-state index contributed by atoms with van der Waals surface area (Å²) in [7, 11) is 1.41. The zero-order valence-electron chi connectivity index (χ0n) is 17.1. The van der Waals surface area contributed by atoms with Gasteiger partial charge in [-0.25, -0.2) is 14.0 Å². The molecule has 1 aliphatic rings. The lowest BCUT2D eigenvalue weighted by Gasteiger charge is -2.35. The van der Waals surface area contributed by atoms with Gasteiger partial charge in [0.25, 0.3) is 0 Å². The zero-order valence-corrected chi connectivity index (χ0v) is 17.9. The molecule has 2 aromatic rings. The van der Waals surface area contributed by atoms with Crippen LogP contribution in [-0.2, 0) is 20.8 Å². The van der Waals surface area contributed by atoms with E-state index < -0.39 is 45.9 Å². The molecule has 32 heavy (non-hydrogen) atoms. The number of methoxy groups -OCH3 is 1. The van der Waals surface area contributed by atoms with Crippen molar-refractivity contribution in [2.24, 2.45) is 0 Å². The second kappa shape index (κ2) is 9.83. The number of urea groups is 1. The van der Waals surface area contributed by atoms with E-state index in [4.69, 9.17) is 9.47 Å². The van der Waals surface area contributed by atoms with Crippen LogP contribution in [0.2, 0.25) is 0 Å². The van der Waals surface area contributed by atoms with Crippen molar-refractivity contribution in [1.29, 1.82) is 0 Å². The molecule has 0 fully saturated rings. The predicted octanol–water partition coefficient (Wildman–Crippen LogP) is 3.66. The van der Waals surface area contributed by atoms with E-state index in [-0.39, 0.29) is 31.0 Å². The summed E-state index contributed by atoms with van der Waals surface area (Å²) in [5.41, 5.74) is -1.36. The Morgan fingerprint density at radius 2 is 2.06 bits per heavy atom. The molecule has 1 aromatic carbocycles. The van der Waals surface area contributed by atoms with E-state index in [0.29, 0.717) is 12.1 Å². The number of amides is 2. The summed E-state index contributed by atoms with van der Waals surface area (Å²) in [5.74, 6) is -3.39. The number of thiophene rings is 1. The van der Waals surface area contributed by atoms with E-state index in [9.17, 15) is 28.5 Å². The van der Waals surface area contributed by atoms with Gasteiger partial charge in [0, 0.05) is 35.4 Å². The third-order valence-electron chi connectivity index (χ3n) is 4.80. The standard InChI is InChI=1S/C20H19F2N3O6S/c1-11-17(19(26)31-6-5-30-2)18(13-8-16(25(28)29)15(22)9-14(13)21)23-20(27)24(11)10-12-4-3-7-32-12/h3-4,7-9,18H,5-6,10H2,1-2H3,(H,23,27). The third-order valence-corrected chi connectivity index (χ3v) is 5.67. The number of benzene rings is 1. The molecule has 0 saturated carbocycles. The van der Waals surface area contributed by atoms with Gasteiger partial charge >= 0.3 is 17.7 Å². The smallest absolute Gasteiger partial charge is 0.338 e. The van der Waals surface area contributed by atoms with E-state index >= 15 is 0 Å². The first-order chi connectivity index (χ1) is 15.2. The third kappa shape index (κ3) is 4.75. The highest BCUT2D eigenvalue weighted by Crippen LogP contribution is 2.36. The molecule has 2 amide bonds. The molecule has 1 unspecified atom stereocenters. The van der Waals surface area contributed by atoms with Crippen molar-refractivity contribution >= 4 is 29.0 Å². The summed E-state index contributed by atoms with van der Waals surface area (Å²) in [6.07, 6.45) is 0. The van der Waals surface area contributed by atoms with Crippen molar-refractivity contribution in [3.8, 4) is 0 Å². The van der Waals surface area contributed by atoms with Crippen molar-refractivity contribution < 1.29 is 32.8 Å². The van der Waals surface area contributed by atoms with Gasteiger partial charge in [-0.15, -0.1) is 11.3 Å². The first-order valence-corrected chi connectivity index (χ1v) is 10.2. The second-order valence-corrected chi connectivity index (χ2v) is 7.79. The summed E-state index contributed by atoms with van der Waals surface area (Å²) in [5, 5.41) is 15.5. The summed E-state index contributed by atoms with van der Waals surface area (Å²) in [6.45, 7) is 1.62. The first kappa shape index (κ1) is 23.3. The number of hydrogen-bond donors (Lipinski definition) is 1.